The zero-order valence-electron chi connectivity index (χ0n) is 10.9. The Bertz CT molecular complexity index is 671. The molecule has 7 nitrogen and oxygen atoms in total. The lowest BCUT2D eigenvalue weighted by Crippen LogP contribution is -2.42. The molecule has 1 aromatic heterocycles. The smallest absolute Gasteiger partial charge is 0.270 e. The number of primary amides is 1. The Kier molecular flexibility index (Phi) is 3.81. The van der Waals surface area contributed by atoms with Crippen molar-refractivity contribution in [3.05, 3.63) is 36.0 Å². The van der Waals surface area contributed by atoms with E-state index < -0.39 is 17.9 Å². The molecule has 0 aliphatic rings. The predicted octanol–water partition coefficient (Wildman–Crippen LogP) is 0.124. The summed E-state index contributed by atoms with van der Waals surface area (Å²) in [6.45, 7) is 1.50. The summed E-state index contributed by atoms with van der Waals surface area (Å²) in [5, 5.41) is 3.27. The number of hydrogen-bond donors (Lipinski definition) is 4. The third kappa shape index (κ3) is 2.67. The van der Waals surface area contributed by atoms with Crippen molar-refractivity contribution >= 4 is 28.4 Å². The van der Waals surface area contributed by atoms with E-state index in [4.69, 9.17) is 11.6 Å². The van der Waals surface area contributed by atoms with Crippen LogP contribution in [0.1, 0.15) is 17.4 Å². The number of hydrogen-bond acceptors (Lipinski definition) is 5. The summed E-state index contributed by atoms with van der Waals surface area (Å²) < 4.78 is 0. The number of nitrogens with two attached hydrogens (primary N) is 2. The molecule has 20 heavy (non-hydrogen) atoms. The second kappa shape index (κ2) is 5.54. The highest BCUT2D eigenvalue weighted by atomic mass is 16.2. The van der Waals surface area contributed by atoms with Gasteiger partial charge in [0.25, 0.3) is 5.91 Å². The highest BCUT2D eigenvalue weighted by molar-refractivity contribution is 6.01. The van der Waals surface area contributed by atoms with Gasteiger partial charge in [-0.2, -0.15) is 0 Å². The number of carbonyl (C=O) groups excluding carboxylic acids is 2. The average Bonchev–Trinajstić information content (AvgIpc) is 2.45. The fraction of sp³-hybridized carbons (Fsp3) is 0.154. The lowest BCUT2D eigenvalue weighted by molar-refractivity contribution is -0.119. The molecule has 0 bridgehead atoms. The van der Waals surface area contributed by atoms with Crippen LogP contribution in [0, 0.1) is 0 Å². The van der Waals surface area contributed by atoms with Gasteiger partial charge in [0, 0.05) is 5.39 Å². The molecule has 2 amide bonds. The van der Waals surface area contributed by atoms with Crippen LogP contribution in [0.3, 0.4) is 0 Å². The molecular formula is C13H15N5O2. The van der Waals surface area contributed by atoms with Crippen LogP contribution in [-0.2, 0) is 4.79 Å². The summed E-state index contributed by atoms with van der Waals surface area (Å²) in [6.07, 6.45) is 0. The number of carbonyl (C=O) groups is 2. The van der Waals surface area contributed by atoms with Crippen LogP contribution in [0.4, 0.5) is 5.69 Å². The number of para-hydroxylation sites is 1. The largest absolute Gasteiger partial charge is 0.368 e. The number of aromatic nitrogens is 1. The Morgan fingerprint density at radius 1 is 1.30 bits per heavy atom. The minimum absolute atomic E-state index is 0.157. The number of hydrazine groups is 1. The van der Waals surface area contributed by atoms with Crippen molar-refractivity contribution in [2.24, 2.45) is 11.6 Å². The van der Waals surface area contributed by atoms with Gasteiger partial charge in [-0.1, -0.05) is 18.2 Å². The molecule has 1 unspecified atom stereocenters. The Morgan fingerprint density at radius 2 is 2.00 bits per heavy atom. The third-order valence-electron chi connectivity index (χ3n) is 2.88. The molecule has 0 radical (unpaired) electrons. The van der Waals surface area contributed by atoms with Crippen LogP contribution in [0.15, 0.2) is 30.3 Å². The Morgan fingerprint density at radius 3 is 2.65 bits per heavy atom. The van der Waals surface area contributed by atoms with Crippen molar-refractivity contribution in [1.29, 1.82) is 0 Å². The molecule has 2 aromatic rings. The molecule has 0 saturated heterocycles. The van der Waals surface area contributed by atoms with Crippen molar-refractivity contribution in [3.8, 4) is 0 Å². The number of anilines is 1. The maximum Gasteiger partial charge on any atom is 0.270 e. The highest BCUT2D eigenvalue weighted by Crippen LogP contribution is 2.22. The molecule has 104 valence electrons. The summed E-state index contributed by atoms with van der Waals surface area (Å²) in [5.74, 6) is 4.35. The van der Waals surface area contributed by atoms with Gasteiger partial charge < -0.3 is 16.5 Å². The van der Waals surface area contributed by atoms with E-state index in [0.717, 1.165) is 5.39 Å². The van der Waals surface area contributed by atoms with Crippen molar-refractivity contribution in [1.82, 2.24) is 10.3 Å². The first-order valence-electron chi connectivity index (χ1n) is 5.99. The normalized spacial score (nSPS) is 11.9. The van der Waals surface area contributed by atoms with E-state index in [-0.39, 0.29) is 5.69 Å². The highest BCUT2D eigenvalue weighted by Gasteiger charge is 2.16. The minimum Gasteiger partial charge on any atom is -0.368 e. The fourth-order valence-electron chi connectivity index (χ4n) is 1.75. The standard InChI is InChI=1S/C13H15N5O2/c1-7(12(14)19)16-13(20)11-6-10(18-15)8-4-2-3-5-9(8)17-11/h2-7H,15H2,1H3,(H2,14,19)(H,16,20)(H,17,18). The zero-order chi connectivity index (χ0) is 14.7. The van der Waals surface area contributed by atoms with E-state index in [9.17, 15) is 9.59 Å². The number of pyridine rings is 1. The van der Waals surface area contributed by atoms with Gasteiger partial charge in [0.15, 0.2) is 0 Å². The van der Waals surface area contributed by atoms with E-state index in [2.05, 4.69) is 15.7 Å². The zero-order valence-corrected chi connectivity index (χ0v) is 10.9. The lowest BCUT2D eigenvalue weighted by Gasteiger charge is -2.12. The molecule has 0 spiro atoms. The summed E-state index contributed by atoms with van der Waals surface area (Å²) in [4.78, 5) is 27.2. The number of amides is 2. The second-order valence-corrected chi connectivity index (χ2v) is 4.31. The van der Waals surface area contributed by atoms with Crippen molar-refractivity contribution < 1.29 is 9.59 Å². The van der Waals surface area contributed by atoms with Gasteiger partial charge in [-0.25, -0.2) is 4.98 Å². The van der Waals surface area contributed by atoms with E-state index >= 15 is 0 Å². The average molecular weight is 273 g/mol. The van der Waals surface area contributed by atoms with Gasteiger partial charge in [-0.15, -0.1) is 0 Å². The predicted molar refractivity (Wildman–Crippen MR) is 75.7 cm³/mol. The van der Waals surface area contributed by atoms with E-state index in [1.54, 1.807) is 6.07 Å². The maximum absolute atomic E-state index is 12.0. The first-order chi connectivity index (χ1) is 9.52. The SMILES string of the molecule is CC(NC(=O)c1cc(NN)c2ccccc2n1)C(N)=O. The quantitative estimate of drug-likeness (QED) is 0.465. The number of rotatable bonds is 4. The van der Waals surface area contributed by atoms with Gasteiger partial charge in [0.05, 0.1) is 11.2 Å². The molecule has 0 aliphatic heterocycles. The Labute approximate surface area is 115 Å². The molecule has 2 rings (SSSR count). The lowest BCUT2D eigenvalue weighted by atomic mass is 10.1. The number of nitrogens with one attached hydrogen (secondary N) is 2. The van der Waals surface area contributed by atoms with E-state index in [0.29, 0.717) is 11.2 Å². The molecule has 1 heterocycles. The van der Waals surface area contributed by atoms with Crippen molar-refractivity contribution in [2.45, 2.75) is 13.0 Å². The topological polar surface area (TPSA) is 123 Å². The minimum atomic E-state index is -0.773. The molecule has 6 N–H and O–H groups in total. The monoisotopic (exact) mass is 273 g/mol. The van der Waals surface area contributed by atoms with Crippen LogP contribution in [0.5, 0.6) is 0 Å². The third-order valence-corrected chi connectivity index (χ3v) is 2.88. The van der Waals surface area contributed by atoms with Gasteiger partial charge in [-0.3, -0.25) is 15.4 Å². The molecule has 0 fully saturated rings. The molecule has 7 heteroatoms. The number of fused-ring (bicyclic) bond motifs is 1. The molecule has 0 saturated carbocycles. The van der Waals surface area contributed by atoms with Gasteiger partial charge >= 0.3 is 0 Å². The number of benzene rings is 1. The van der Waals surface area contributed by atoms with Gasteiger partial charge in [-0.05, 0) is 19.1 Å². The Balaban J connectivity index is 2.40. The summed E-state index contributed by atoms with van der Waals surface area (Å²) >= 11 is 0. The number of nitrogens with zero attached hydrogens (tertiary/aromatic N) is 1. The second-order valence-electron chi connectivity index (χ2n) is 4.31. The van der Waals surface area contributed by atoms with Crippen LogP contribution >= 0.6 is 0 Å². The summed E-state index contributed by atoms with van der Waals surface area (Å²) in [6, 6.07) is 8.01. The molecule has 0 aliphatic carbocycles. The van der Waals surface area contributed by atoms with Crippen LogP contribution in [0.2, 0.25) is 0 Å². The Hall–Kier alpha value is -2.67. The van der Waals surface area contributed by atoms with Crippen molar-refractivity contribution in [3.63, 3.8) is 0 Å². The molecule has 1 aromatic carbocycles. The number of nitrogen functional groups attached to an aromatic ring is 1. The molecule has 1 atom stereocenters. The maximum atomic E-state index is 12.0. The first kappa shape index (κ1) is 13.8. The van der Waals surface area contributed by atoms with Gasteiger partial charge in [0.1, 0.15) is 11.7 Å². The first-order valence-corrected chi connectivity index (χ1v) is 5.99. The van der Waals surface area contributed by atoms with Gasteiger partial charge in [0.2, 0.25) is 5.91 Å². The van der Waals surface area contributed by atoms with E-state index in [1.165, 1.54) is 13.0 Å². The van der Waals surface area contributed by atoms with Crippen LogP contribution in [-0.4, -0.2) is 22.8 Å². The van der Waals surface area contributed by atoms with Crippen molar-refractivity contribution in [2.75, 3.05) is 5.43 Å². The molecular weight excluding hydrogens is 258 g/mol. The summed E-state index contributed by atoms with van der Waals surface area (Å²) in [7, 11) is 0. The fourth-order valence-corrected chi connectivity index (χ4v) is 1.75. The van der Waals surface area contributed by atoms with Crippen LogP contribution < -0.4 is 22.3 Å². The summed E-state index contributed by atoms with van der Waals surface area (Å²) in [5.41, 5.74) is 8.99. The van der Waals surface area contributed by atoms with E-state index in [1.807, 2.05) is 18.2 Å². The van der Waals surface area contributed by atoms with Crippen LogP contribution in [0.25, 0.3) is 10.9 Å².